The van der Waals surface area contributed by atoms with E-state index in [0.29, 0.717) is 6.42 Å². The molecule has 23 heavy (non-hydrogen) atoms. The lowest BCUT2D eigenvalue weighted by Gasteiger charge is -2.06. The summed E-state index contributed by atoms with van der Waals surface area (Å²) in [5.41, 5.74) is 1.10. The number of hydrogen-bond donors (Lipinski definition) is 1. The number of rotatable bonds is 4. The van der Waals surface area contributed by atoms with Crippen molar-refractivity contribution in [1.82, 2.24) is 5.32 Å². The van der Waals surface area contributed by atoms with Crippen LogP contribution in [0.2, 0.25) is 0 Å². The van der Waals surface area contributed by atoms with Crippen LogP contribution in [0.1, 0.15) is 15.9 Å². The fraction of sp³-hybridized carbons (Fsp3) is 0.118. The molecule has 1 heterocycles. The lowest BCUT2D eigenvalue weighted by molar-refractivity contribution is 0.0949. The lowest BCUT2D eigenvalue weighted by Crippen LogP contribution is -2.27. The Labute approximate surface area is 129 Å². The first-order valence-electron chi connectivity index (χ1n) is 6.94. The minimum atomic E-state index is -1.65. The number of fused-ring (bicyclic) bond motifs is 1. The molecule has 0 aliphatic rings. The summed E-state index contributed by atoms with van der Waals surface area (Å²) in [4.78, 5) is 11.9. The predicted octanol–water partition coefficient (Wildman–Crippen LogP) is 3.82. The predicted molar refractivity (Wildman–Crippen MR) is 78.6 cm³/mol. The molecule has 3 aromatic rings. The van der Waals surface area contributed by atoms with Crippen LogP contribution in [0.5, 0.6) is 0 Å². The van der Waals surface area contributed by atoms with E-state index < -0.39 is 28.9 Å². The maximum Gasteiger partial charge on any atom is 0.254 e. The number of halogens is 3. The molecule has 6 heteroatoms. The molecule has 1 N–H and O–H groups in total. The van der Waals surface area contributed by atoms with E-state index in [4.69, 9.17) is 4.42 Å². The van der Waals surface area contributed by atoms with Crippen LogP contribution in [-0.4, -0.2) is 12.5 Å². The average molecular weight is 319 g/mol. The molecule has 0 saturated heterocycles. The highest BCUT2D eigenvalue weighted by molar-refractivity contribution is 5.94. The third kappa shape index (κ3) is 2.92. The monoisotopic (exact) mass is 319 g/mol. The van der Waals surface area contributed by atoms with Crippen LogP contribution in [0.3, 0.4) is 0 Å². The molecule has 0 aliphatic carbocycles. The highest BCUT2D eigenvalue weighted by Crippen LogP contribution is 2.21. The molecule has 0 saturated carbocycles. The molecule has 118 valence electrons. The number of benzene rings is 2. The van der Waals surface area contributed by atoms with E-state index in [1.807, 2.05) is 24.3 Å². The Kier molecular flexibility index (Phi) is 4.06. The second kappa shape index (κ2) is 6.16. The van der Waals surface area contributed by atoms with Gasteiger partial charge in [-0.25, -0.2) is 13.2 Å². The maximum atomic E-state index is 13.5. The molecule has 1 aromatic heterocycles. The average Bonchev–Trinajstić information content (AvgIpc) is 2.96. The van der Waals surface area contributed by atoms with Gasteiger partial charge in [0.2, 0.25) is 0 Å². The molecule has 0 radical (unpaired) electrons. The summed E-state index contributed by atoms with van der Waals surface area (Å²) in [5, 5.41) is 3.41. The number of amides is 1. The van der Waals surface area contributed by atoms with Crippen molar-refractivity contribution < 1.29 is 22.4 Å². The van der Waals surface area contributed by atoms with Gasteiger partial charge in [-0.3, -0.25) is 4.79 Å². The van der Waals surface area contributed by atoms with Crippen molar-refractivity contribution in [2.45, 2.75) is 6.42 Å². The van der Waals surface area contributed by atoms with Crippen molar-refractivity contribution in [3.8, 4) is 0 Å². The Bertz CT molecular complexity index is 873. The van der Waals surface area contributed by atoms with Crippen molar-refractivity contribution in [3.63, 3.8) is 0 Å². The molecule has 2 aromatic carbocycles. The Morgan fingerprint density at radius 1 is 1.04 bits per heavy atom. The number of nitrogens with one attached hydrogen (secondary N) is 1. The van der Waals surface area contributed by atoms with Crippen LogP contribution in [0.15, 0.2) is 47.1 Å². The largest absolute Gasteiger partial charge is 0.464 e. The van der Waals surface area contributed by atoms with Crippen LogP contribution < -0.4 is 5.32 Å². The summed E-state index contributed by atoms with van der Waals surface area (Å²) in [7, 11) is 0. The fourth-order valence-corrected chi connectivity index (χ4v) is 2.33. The van der Waals surface area contributed by atoms with Gasteiger partial charge < -0.3 is 9.73 Å². The van der Waals surface area contributed by atoms with Crippen molar-refractivity contribution in [2.24, 2.45) is 0 Å². The summed E-state index contributed by atoms with van der Waals surface area (Å²) in [6, 6.07) is 9.08. The smallest absolute Gasteiger partial charge is 0.254 e. The van der Waals surface area contributed by atoms with Crippen molar-refractivity contribution in [2.75, 3.05) is 6.54 Å². The van der Waals surface area contributed by atoms with E-state index in [2.05, 4.69) is 5.32 Å². The summed E-state index contributed by atoms with van der Waals surface area (Å²) in [6.45, 7) is 0.209. The van der Waals surface area contributed by atoms with Crippen molar-refractivity contribution in [1.29, 1.82) is 0 Å². The van der Waals surface area contributed by atoms with Gasteiger partial charge in [0.25, 0.3) is 5.91 Å². The summed E-state index contributed by atoms with van der Waals surface area (Å²) in [6.07, 6.45) is 2.06. The lowest BCUT2D eigenvalue weighted by atomic mass is 10.1. The normalized spacial score (nSPS) is 10.9. The Hall–Kier alpha value is -2.76. The zero-order chi connectivity index (χ0) is 16.4. The molecule has 3 rings (SSSR count). The van der Waals surface area contributed by atoms with Gasteiger partial charge in [0.1, 0.15) is 5.58 Å². The van der Waals surface area contributed by atoms with Gasteiger partial charge in [0, 0.05) is 11.9 Å². The number of hydrogen-bond acceptors (Lipinski definition) is 2. The van der Waals surface area contributed by atoms with Crippen molar-refractivity contribution in [3.05, 3.63) is 71.2 Å². The molecule has 0 unspecified atom stereocenters. The Morgan fingerprint density at radius 3 is 2.65 bits per heavy atom. The molecule has 0 fully saturated rings. The third-order valence-electron chi connectivity index (χ3n) is 3.52. The fourth-order valence-electron chi connectivity index (χ4n) is 2.33. The zero-order valence-corrected chi connectivity index (χ0v) is 11.9. The van der Waals surface area contributed by atoms with Crippen LogP contribution in [-0.2, 0) is 6.42 Å². The van der Waals surface area contributed by atoms with Crippen LogP contribution in [0.4, 0.5) is 13.2 Å². The molecule has 1 amide bonds. The van der Waals surface area contributed by atoms with Crippen LogP contribution in [0.25, 0.3) is 11.0 Å². The van der Waals surface area contributed by atoms with Gasteiger partial charge in [-0.05, 0) is 30.2 Å². The first-order valence-corrected chi connectivity index (χ1v) is 6.94. The minimum Gasteiger partial charge on any atom is -0.464 e. The van der Waals surface area contributed by atoms with Gasteiger partial charge >= 0.3 is 0 Å². The van der Waals surface area contributed by atoms with E-state index >= 15 is 0 Å². The molecule has 0 spiro atoms. The van der Waals surface area contributed by atoms with E-state index in [1.54, 1.807) is 6.26 Å². The van der Waals surface area contributed by atoms with Gasteiger partial charge in [0.05, 0.1) is 11.8 Å². The third-order valence-corrected chi connectivity index (χ3v) is 3.52. The first kappa shape index (κ1) is 15.1. The minimum absolute atomic E-state index is 0.209. The summed E-state index contributed by atoms with van der Waals surface area (Å²) < 4.78 is 44.9. The van der Waals surface area contributed by atoms with Gasteiger partial charge in [0.15, 0.2) is 17.5 Å². The maximum absolute atomic E-state index is 13.5. The van der Waals surface area contributed by atoms with Gasteiger partial charge in [-0.2, -0.15) is 0 Å². The van der Waals surface area contributed by atoms with E-state index in [9.17, 15) is 18.0 Å². The molecule has 0 aliphatic heterocycles. The standard InChI is InChI=1S/C17H12F3NO2/c18-13-6-5-12(15(19)16(13)20)17(22)21-8-7-10-9-23-14-4-2-1-3-11(10)14/h1-6,9H,7-8H2,(H,21,22). The first-order chi connectivity index (χ1) is 11.1. The van der Waals surface area contributed by atoms with Crippen molar-refractivity contribution >= 4 is 16.9 Å². The number of carbonyl (C=O) groups is 1. The molecular weight excluding hydrogens is 307 g/mol. The summed E-state index contributed by atoms with van der Waals surface area (Å²) >= 11 is 0. The topological polar surface area (TPSA) is 42.2 Å². The molecular formula is C17H12F3NO2. The second-order valence-corrected chi connectivity index (χ2v) is 4.99. The number of para-hydroxylation sites is 1. The SMILES string of the molecule is O=C(NCCc1coc2ccccc12)c1ccc(F)c(F)c1F. The molecule has 0 bridgehead atoms. The van der Waals surface area contributed by atoms with Gasteiger partial charge in [-0.15, -0.1) is 0 Å². The van der Waals surface area contributed by atoms with E-state index in [-0.39, 0.29) is 6.54 Å². The van der Waals surface area contributed by atoms with E-state index in [0.717, 1.165) is 28.7 Å². The summed E-state index contributed by atoms with van der Waals surface area (Å²) in [5.74, 6) is -5.27. The zero-order valence-electron chi connectivity index (χ0n) is 11.9. The number of furan rings is 1. The van der Waals surface area contributed by atoms with Crippen LogP contribution in [0, 0.1) is 17.5 Å². The van der Waals surface area contributed by atoms with E-state index in [1.165, 1.54) is 0 Å². The molecule has 3 nitrogen and oxygen atoms in total. The highest BCUT2D eigenvalue weighted by atomic mass is 19.2. The second-order valence-electron chi connectivity index (χ2n) is 4.99. The highest BCUT2D eigenvalue weighted by Gasteiger charge is 2.18. The van der Waals surface area contributed by atoms with Crippen LogP contribution >= 0.6 is 0 Å². The Morgan fingerprint density at radius 2 is 1.83 bits per heavy atom. The quantitative estimate of drug-likeness (QED) is 0.743. The molecule has 0 atom stereocenters. The van der Waals surface area contributed by atoms with Gasteiger partial charge in [-0.1, -0.05) is 18.2 Å². The Balaban J connectivity index is 1.67. The number of carbonyl (C=O) groups excluding carboxylic acids is 1.